The summed E-state index contributed by atoms with van der Waals surface area (Å²) in [6.45, 7) is 1.51. The molecule has 186 valence electrons. The predicted molar refractivity (Wildman–Crippen MR) is 126 cm³/mol. The number of hydrogen-bond donors (Lipinski definition) is 2. The number of benzene rings is 2. The maximum atomic E-state index is 13.7. The molecule has 2 heterocycles. The number of alkyl halides is 4. The molecule has 9 heteroatoms. The van der Waals surface area contributed by atoms with Crippen molar-refractivity contribution >= 4 is 10.9 Å². The van der Waals surface area contributed by atoms with E-state index in [9.17, 15) is 22.8 Å². The van der Waals surface area contributed by atoms with Gasteiger partial charge in [0.15, 0.2) is 0 Å². The molecule has 2 atom stereocenters. The lowest BCUT2D eigenvalue weighted by molar-refractivity contribution is -0.155. The average Bonchev–Trinajstić information content (AvgIpc) is 3.18. The summed E-state index contributed by atoms with van der Waals surface area (Å²) >= 11 is 0. The largest absolute Gasteiger partial charge is 0.491 e. The van der Waals surface area contributed by atoms with Crippen molar-refractivity contribution < 1.29 is 22.3 Å². The summed E-state index contributed by atoms with van der Waals surface area (Å²) in [6.07, 6.45) is -3.53. The van der Waals surface area contributed by atoms with Crippen molar-refractivity contribution in [2.75, 3.05) is 32.9 Å². The summed E-state index contributed by atoms with van der Waals surface area (Å²) in [5.41, 5.74) is 3.19. The van der Waals surface area contributed by atoms with Gasteiger partial charge in [-0.2, -0.15) is 18.4 Å². The molecule has 3 aromatic rings. The fraction of sp³-hybridized carbons (Fsp3) is 0.423. The Morgan fingerprint density at radius 3 is 2.71 bits per heavy atom. The monoisotopic (exact) mass is 488 g/mol. The Hall–Kier alpha value is -3.09. The molecule has 2 N–H and O–H groups in total. The Bertz CT molecular complexity index is 1200. The van der Waals surface area contributed by atoms with Crippen LogP contribution in [0.2, 0.25) is 0 Å². The van der Waals surface area contributed by atoms with Gasteiger partial charge in [-0.1, -0.05) is 30.3 Å². The van der Waals surface area contributed by atoms with Crippen molar-refractivity contribution in [3.8, 4) is 11.8 Å². The minimum Gasteiger partial charge on any atom is -0.491 e. The minimum atomic E-state index is -4.40. The van der Waals surface area contributed by atoms with E-state index in [1.165, 1.54) is 4.90 Å². The Kier molecular flexibility index (Phi) is 7.63. The first-order valence-electron chi connectivity index (χ1n) is 11.7. The van der Waals surface area contributed by atoms with Gasteiger partial charge in [0.1, 0.15) is 18.4 Å². The first-order valence-corrected chi connectivity index (χ1v) is 11.7. The van der Waals surface area contributed by atoms with Gasteiger partial charge in [-0.05, 0) is 49.6 Å². The van der Waals surface area contributed by atoms with Crippen LogP contribution in [0.5, 0.6) is 5.75 Å². The summed E-state index contributed by atoms with van der Waals surface area (Å²) in [5.74, 6) is 0.320. The van der Waals surface area contributed by atoms with Gasteiger partial charge in [0, 0.05) is 29.2 Å². The van der Waals surface area contributed by atoms with Gasteiger partial charge >= 0.3 is 6.18 Å². The summed E-state index contributed by atoms with van der Waals surface area (Å²) in [4.78, 5) is 4.76. The maximum Gasteiger partial charge on any atom is 0.401 e. The Balaban J connectivity index is 1.74. The van der Waals surface area contributed by atoms with E-state index >= 15 is 0 Å². The lowest BCUT2D eigenvalue weighted by Crippen LogP contribution is -2.47. The standard InChI is InChI=1S/C26H28F4N4O/c1-17-14-20-18-6-2-3-8-22(18)33-24(20)25(34(17)16-26(28,29)30)19-7-4-9-23(21(19)15-31)35-13-12-32-11-5-10-27/h2-4,6-9,17,25,32-33H,5,10-14,16H2,1H3/t17-,25-/m1/s1. The molecule has 1 aromatic heterocycles. The molecule has 1 aliphatic heterocycles. The van der Waals surface area contributed by atoms with Gasteiger partial charge in [-0.25, -0.2) is 0 Å². The number of halogens is 4. The smallest absolute Gasteiger partial charge is 0.401 e. The van der Waals surface area contributed by atoms with Crippen molar-refractivity contribution in [3.63, 3.8) is 0 Å². The van der Waals surface area contributed by atoms with Crippen LogP contribution in [0.1, 0.15) is 41.8 Å². The number of hydrogen-bond acceptors (Lipinski definition) is 4. The Morgan fingerprint density at radius 1 is 1.17 bits per heavy atom. The van der Waals surface area contributed by atoms with Crippen LogP contribution in [-0.4, -0.2) is 55.0 Å². The highest BCUT2D eigenvalue weighted by atomic mass is 19.4. The first kappa shape index (κ1) is 25.0. The fourth-order valence-corrected chi connectivity index (χ4v) is 4.86. The number of H-pyrrole nitrogens is 1. The van der Waals surface area contributed by atoms with Crippen molar-refractivity contribution in [3.05, 3.63) is 64.8 Å². The van der Waals surface area contributed by atoms with Crippen molar-refractivity contribution in [2.24, 2.45) is 0 Å². The minimum absolute atomic E-state index is 0.215. The summed E-state index contributed by atoms with van der Waals surface area (Å²) in [5, 5.41) is 14.1. The van der Waals surface area contributed by atoms with E-state index in [1.54, 1.807) is 25.1 Å². The molecule has 0 fully saturated rings. The molecule has 1 aliphatic rings. The zero-order chi connectivity index (χ0) is 25.0. The van der Waals surface area contributed by atoms with Crippen LogP contribution in [-0.2, 0) is 6.42 Å². The summed E-state index contributed by atoms with van der Waals surface area (Å²) in [7, 11) is 0. The van der Waals surface area contributed by atoms with Gasteiger partial charge < -0.3 is 15.0 Å². The molecule has 4 rings (SSSR count). The second-order valence-corrected chi connectivity index (χ2v) is 8.78. The van der Waals surface area contributed by atoms with E-state index in [2.05, 4.69) is 16.4 Å². The van der Waals surface area contributed by atoms with Crippen LogP contribution >= 0.6 is 0 Å². The molecular weight excluding hydrogens is 460 g/mol. The molecule has 0 aliphatic carbocycles. The molecule has 0 amide bonds. The van der Waals surface area contributed by atoms with Crippen LogP contribution in [0.25, 0.3) is 10.9 Å². The highest BCUT2D eigenvalue weighted by molar-refractivity contribution is 5.85. The lowest BCUT2D eigenvalue weighted by atomic mass is 9.86. The van der Waals surface area contributed by atoms with Crippen LogP contribution in [0.15, 0.2) is 42.5 Å². The molecule has 2 aromatic carbocycles. The van der Waals surface area contributed by atoms with E-state index in [4.69, 9.17) is 4.74 Å². The average molecular weight is 489 g/mol. The van der Waals surface area contributed by atoms with Gasteiger partial charge in [0.05, 0.1) is 24.8 Å². The fourth-order valence-electron chi connectivity index (χ4n) is 4.86. The number of aromatic amines is 1. The van der Waals surface area contributed by atoms with E-state index in [-0.39, 0.29) is 12.2 Å². The third-order valence-corrected chi connectivity index (χ3v) is 6.37. The van der Waals surface area contributed by atoms with Crippen molar-refractivity contribution in [2.45, 2.75) is 38.0 Å². The number of nitrogens with zero attached hydrogens (tertiary/aromatic N) is 2. The molecule has 5 nitrogen and oxygen atoms in total. The van der Waals surface area contributed by atoms with E-state index < -0.39 is 31.5 Å². The molecule has 35 heavy (non-hydrogen) atoms. The quantitative estimate of drug-likeness (QED) is 0.318. The highest BCUT2D eigenvalue weighted by Gasteiger charge is 2.42. The van der Waals surface area contributed by atoms with Crippen LogP contribution in [0.3, 0.4) is 0 Å². The topological polar surface area (TPSA) is 64.1 Å². The van der Waals surface area contributed by atoms with Gasteiger partial charge in [0.25, 0.3) is 0 Å². The molecule has 0 unspecified atom stereocenters. The third kappa shape index (κ3) is 5.44. The normalized spacial score (nSPS) is 18.4. The summed E-state index contributed by atoms with van der Waals surface area (Å²) < 4.78 is 59.1. The first-order chi connectivity index (χ1) is 16.8. The number of ether oxygens (including phenoxy) is 1. The molecule has 0 saturated heterocycles. The summed E-state index contributed by atoms with van der Waals surface area (Å²) in [6, 6.07) is 13.7. The third-order valence-electron chi connectivity index (χ3n) is 6.37. The van der Waals surface area contributed by atoms with Crippen molar-refractivity contribution in [1.82, 2.24) is 15.2 Å². The number of rotatable bonds is 9. The predicted octanol–water partition coefficient (Wildman–Crippen LogP) is 5.27. The number of aromatic nitrogens is 1. The Morgan fingerprint density at radius 2 is 1.97 bits per heavy atom. The van der Waals surface area contributed by atoms with E-state index in [1.807, 2.05) is 24.3 Å². The number of fused-ring (bicyclic) bond motifs is 3. The molecular formula is C26H28F4N4O. The van der Waals surface area contributed by atoms with E-state index in [0.717, 1.165) is 16.5 Å². The van der Waals surface area contributed by atoms with Crippen LogP contribution in [0.4, 0.5) is 17.6 Å². The van der Waals surface area contributed by atoms with Gasteiger partial charge in [-0.3, -0.25) is 9.29 Å². The van der Waals surface area contributed by atoms with Gasteiger partial charge in [-0.15, -0.1) is 0 Å². The zero-order valence-electron chi connectivity index (χ0n) is 19.5. The van der Waals surface area contributed by atoms with Crippen LogP contribution < -0.4 is 10.1 Å². The lowest BCUT2D eigenvalue weighted by Gasteiger charge is -2.41. The highest BCUT2D eigenvalue weighted by Crippen LogP contribution is 2.44. The second kappa shape index (κ2) is 10.7. The Labute approximate surface area is 201 Å². The SMILES string of the molecule is C[C@@H]1Cc2c([nH]c3ccccc23)[C@@H](c2cccc(OCCNCCCF)c2C#N)N1CC(F)(F)F. The molecule has 0 bridgehead atoms. The zero-order valence-corrected chi connectivity index (χ0v) is 19.5. The number of nitrogens with one attached hydrogen (secondary N) is 2. The van der Waals surface area contributed by atoms with Crippen molar-refractivity contribution in [1.29, 1.82) is 5.26 Å². The maximum absolute atomic E-state index is 13.7. The van der Waals surface area contributed by atoms with Crippen LogP contribution in [0, 0.1) is 11.3 Å². The van der Waals surface area contributed by atoms with E-state index in [0.29, 0.717) is 42.9 Å². The molecule has 0 saturated carbocycles. The van der Waals surface area contributed by atoms with Gasteiger partial charge in [0.2, 0.25) is 0 Å². The molecule has 0 radical (unpaired) electrons. The number of nitriles is 1. The molecule has 0 spiro atoms. The second-order valence-electron chi connectivity index (χ2n) is 8.78. The number of para-hydroxylation sites is 1.